The highest BCUT2D eigenvalue weighted by Crippen LogP contribution is 1.92. The molecule has 3 N–H and O–H groups in total. The SMILES string of the molecule is [N-]=[N+]=CCC(=O)C[C@H](N)C(=O)O. The van der Waals surface area contributed by atoms with Gasteiger partial charge in [-0.3, -0.25) is 9.59 Å². The summed E-state index contributed by atoms with van der Waals surface area (Å²) in [6.45, 7) is 0. The fraction of sp³-hybridized carbons (Fsp3) is 0.500. The minimum Gasteiger partial charge on any atom is -0.480 e. The molecule has 0 saturated carbocycles. The van der Waals surface area contributed by atoms with Crippen molar-refractivity contribution in [3.8, 4) is 0 Å². The number of carboxylic acid groups (broad SMARTS) is 1. The first-order chi connectivity index (χ1) is 5.57. The molecule has 1 atom stereocenters. The first-order valence-corrected chi connectivity index (χ1v) is 3.24. The van der Waals surface area contributed by atoms with Gasteiger partial charge in [-0.1, -0.05) is 0 Å². The lowest BCUT2D eigenvalue weighted by atomic mass is 10.1. The number of ketones is 1. The summed E-state index contributed by atoms with van der Waals surface area (Å²) in [5.41, 5.74) is 13.0. The van der Waals surface area contributed by atoms with E-state index in [0.717, 1.165) is 6.21 Å². The minimum absolute atomic E-state index is 0.0997. The van der Waals surface area contributed by atoms with Crippen molar-refractivity contribution < 1.29 is 19.5 Å². The largest absolute Gasteiger partial charge is 0.480 e. The number of aliphatic carboxylic acids is 1. The van der Waals surface area contributed by atoms with Crippen LogP contribution >= 0.6 is 0 Å². The molecule has 0 fully saturated rings. The van der Waals surface area contributed by atoms with Crippen LogP contribution in [0.3, 0.4) is 0 Å². The van der Waals surface area contributed by atoms with Crippen LogP contribution in [0.4, 0.5) is 0 Å². The van der Waals surface area contributed by atoms with Crippen molar-refractivity contribution in [1.29, 1.82) is 0 Å². The summed E-state index contributed by atoms with van der Waals surface area (Å²) in [5, 5.41) is 8.30. The number of rotatable bonds is 5. The lowest BCUT2D eigenvalue weighted by Gasteiger charge is -2.01. The highest BCUT2D eigenvalue weighted by atomic mass is 16.4. The molecular formula is C6H9N3O3. The van der Waals surface area contributed by atoms with Crippen LogP contribution in [0.15, 0.2) is 0 Å². The van der Waals surface area contributed by atoms with Crippen molar-refractivity contribution >= 4 is 18.0 Å². The number of carbonyl (C=O) groups is 2. The maximum atomic E-state index is 10.8. The number of Topliss-reactive ketones (excluding diaryl/α,β-unsaturated/α-hetero) is 1. The zero-order chi connectivity index (χ0) is 9.56. The Morgan fingerprint density at radius 2 is 2.25 bits per heavy atom. The van der Waals surface area contributed by atoms with Gasteiger partial charge < -0.3 is 16.4 Å². The molecule has 0 saturated heterocycles. The molecule has 0 heterocycles. The number of carboxylic acids is 1. The van der Waals surface area contributed by atoms with Crippen LogP contribution < -0.4 is 5.73 Å². The molecule has 6 nitrogen and oxygen atoms in total. The molecule has 0 aromatic heterocycles. The summed E-state index contributed by atoms with van der Waals surface area (Å²) in [6.07, 6.45) is 0.635. The highest BCUT2D eigenvalue weighted by Gasteiger charge is 2.15. The highest BCUT2D eigenvalue weighted by molar-refractivity contribution is 5.92. The van der Waals surface area contributed by atoms with Crippen LogP contribution in [-0.4, -0.2) is 33.9 Å². The first kappa shape index (κ1) is 10.5. The third-order valence-electron chi connectivity index (χ3n) is 1.17. The smallest absolute Gasteiger partial charge is 0.320 e. The molecule has 0 unspecified atom stereocenters. The Balaban J connectivity index is 3.84. The Morgan fingerprint density at radius 1 is 1.67 bits per heavy atom. The van der Waals surface area contributed by atoms with Crippen molar-refractivity contribution in [3.63, 3.8) is 0 Å². The standard InChI is InChI=1S/C6H9N3O3/c7-5(6(11)12)3-4(10)1-2-9-8/h2,5H,1,3,7H2,(H,11,12)/t5-/m0/s1. The van der Waals surface area contributed by atoms with Gasteiger partial charge in [0, 0.05) is 6.42 Å². The molecule has 12 heavy (non-hydrogen) atoms. The summed E-state index contributed by atoms with van der Waals surface area (Å²) in [6, 6.07) is -1.18. The second-order valence-corrected chi connectivity index (χ2v) is 2.19. The summed E-state index contributed by atoms with van der Waals surface area (Å²) in [5.74, 6) is -1.59. The Morgan fingerprint density at radius 3 is 2.67 bits per heavy atom. The van der Waals surface area contributed by atoms with Gasteiger partial charge in [0.25, 0.3) is 6.21 Å². The Hall–Kier alpha value is -1.52. The van der Waals surface area contributed by atoms with Gasteiger partial charge >= 0.3 is 5.97 Å². The second-order valence-electron chi connectivity index (χ2n) is 2.19. The predicted octanol–water partition coefficient (Wildman–Crippen LogP) is -0.952. The van der Waals surface area contributed by atoms with Crippen molar-refractivity contribution in [2.24, 2.45) is 5.73 Å². The molecule has 66 valence electrons. The van der Waals surface area contributed by atoms with Crippen molar-refractivity contribution in [2.45, 2.75) is 18.9 Å². The van der Waals surface area contributed by atoms with Gasteiger partial charge in [-0.25, -0.2) is 0 Å². The zero-order valence-corrected chi connectivity index (χ0v) is 6.30. The second kappa shape index (κ2) is 5.17. The van der Waals surface area contributed by atoms with E-state index in [2.05, 4.69) is 4.79 Å². The molecule has 0 radical (unpaired) electrons. The van der Waals surface area contributed by atoms with E-state index in [1.54, 1.807) is 0 Å². The predicted molar refractivity (Wildman–Crippen MR) is 39.5 cm³/mol. The lowest BCUT2D eigenvalue weighted by molar-refractivity contribution is -0.140. The van der Waals surface area contributed by atoms with Crippen LogP contribution in [0.1, 0.15) is 12.8 Å². The average Bonchev–Trinajstić information content (AvgIpc) is 2.00. The van der Waals surface area contributed by atoms with Crippen LogP contribution in [0.25, 0.3) is 5.53 Å². The fourth-order valence-electron chi connectivity index (χ4n) is 0.559. The van der Waals surface area contributed by atoms with Gasteiger partial charge in [0.15, 0.2) is 0 Å². The quantitative estimate of drug-likeness (QED) is 0.315. The summed E-state index contributed by atoms with van der Waals surface area (Å²) in [4.78, 5) is 23.5. The Bertz CT molecular complexity index is 232. The van der Waals surface area contributed by atoms with Crippen molar-refractivity contribution in [3.05, 3.63) is 5.53 Å². The molecule has 0 aliphatic rings. The third kappa shape index (κ3) is 4.32. The number of nitrogens with two attached hydrogens (primary N) is 1. The van der Waals surface area contributed by atoms with Crippen LogP contribution in [0, 0.1) is 0 Å². The van der Waals surface area contributed by atoms with E-state index in [9.17, 15) is 9.59 Å². The minimum atomic E-state index is -1.22. The number of carbonyl (C=O) groups excluding carboxylic acids is 1. The monoisotopic (exact) mass is 171 g/mol. The molecule has 0 aliphatic heterocycles. The summed E-state index contributed by atoms with van der Waals surface area (Å²) in [7, 11) is 0. The molecule has 0 rings (SSSR count). The van der Waals surface area contributed by atoms with E-state index < -0.39 is 12.0 Å². The lowest BCUT2D eigenvalue weighted by Crippen LogP contribution is -2.32. The van der Waals surface area contributed by atoms with E-state index in [1.807, 2.05) is 0 Å². The average molecular weight is 171 g/mol. The van der Waals surface area contributed by atoms with Crippen molar-refractivity contribution in [2.75, 3.05) is 0 Å². The molecule has 0 amide bonds. The van der Waals surface area contributed by atoms with Crippen molar-refractivity contribution in [1.82, 2.24) is 0 Å². The van der Waals surface area contributed by atoms with E-state index in [-0.39, 0.29) is 18.6 Å². The van der Waals surface area contributed by atoms with Crippen LogP contribution in [0.2, 0.25) is 0 Å². The van der Waals surface area contributed by atoms with E-state index in [4.69, 9.17) is 16.4 Å². The van der Waals surface area contributed by atoms with E-state index in [0.29, 0.717) is 0 Å². The first-order valence-electron chi connectivity index (χ1n) is 3.24. The van der Waals surface area contributed by atoms with Gasteiger partial charge in [0.05, 0.1) is 0 Å². The van der Waals surface area contributed by atoms with Crippen LogP contribution in [0.5, 0.6) is 0 Å². The molecule has 0 bridgehead atoms. The maximum absolute atomic E-state index is 10.8. The normalized spacial score (nSPS) is 11.4. The number of hydrogen-bond acceptors (Lipinski definition) is 3. The van der Waals surface area contributed by atoms with Gasteiger partial charge in [0.1, 0.15) is 18.2 Å². The maximum Gasteiger partial charge on any atom is 0.320 e. The molecule has 6 heteroatoms. The molecule has 0 spiro atoms. The third-order valence-corrected chi connectivity index (χ3v) is 1.17. The molecular weight excluding hydrogens is 162 g/mol. The van der Waals surface area contributed by atoms with E-state index in [1.165, 1.54) is 0 Å². The fourth-order valence-corrected chi connectivity index (χ4v) is 0.559. The molecule has 0 aromatic carbocycles. The molecule has 0 aliphatic carbocycles. The van der Waals surface area contributed by atoms with Gasteiger partial charge in [-0.2, -0.15) is 4.79 Å². The van der Waals surface area contributed by atoms with Gasteiger partial charge in [-0.05, 0) is 0 Å². The Labute approximate surface area is 68.6 Å². The Kier molecular flexibility index (Phi) is 4.52. The molecule has 0 aromatic rings. The summed E-state index contributed by atoms with van der Waals surface area (Å²) < 4.78 is 0. The summed E-state index contributed by atoms with van der Waals surface area (Å²) >= 11 is 0. The van der Waals surface area contributed by atoms with Gasteiger partial charge in [-0.15, -0.1) is 0 Å². The number of hydrogen-bond donors (Lipinski definition) is 2. The number of nitrogens with zero attached hydrogens (tertiary/aromatic N) is 2. The zero-order valence-electron chi connectivity index (χ0n) is 6.30. The van der Waals surface area contributed by atoms with E-state index >= 15 is 0 Å². The topological polar surface area (TPSA) is 117 Å². The van der Waals surface area contributed by atoms with Crippen LogP contribution in [-0.2, 0) is 9.59 Å². The van der Waals surface area contributed by atoms with Gasteiger partial charge in [0.2, 0.25) is 0 Å².